The van der Waals surface area contributed by atoms with Crippen LogP contribution in [0.15, 0.2) is 59.2 Å². The molecule has 126 valence electrons. The maximum atomic E-state index is 12.4. The first-order valence-corrected chi connectivity index (χ1v) is 8.55. The summed E-state index contributed by atoms with van der Waals surface area (Å²) in [4.78, 5) is 20.9. The van der Waals surface area contributed by atoms with Gasteiger partial charge in [0.2, 0.25) is 5.95 Å². The van der Waals surface area contributed by atoms with Gasteiger partial charge in [-0.15, -0.1) is 0 Å². The van der Waals surface area contributed by atoms with Crippen LogP contribution in [0.1, 0.15) is 21.6 Å². The number of hydrogen-bond acceptors (Lipinski definition) is 4. The minimum Gasteiger partial charge on any atom is -0.324 e. The standard InChI is InChI=1S/C19H17BrN4O/c1-12-6-7-13(2)17(10-12)24-19-21-9-8-16(23-19)18(25)22-15-5-3-4-14(20)11-15/h3-11H,1-2H3,(H,22,25)(H,21,23,24). The van der Waals surface area contributed by atoms with Crippen LogP contribution in [0.3, 0.4) is 0 Å². The van der Waals surface area contributed by atoms with Crippen LogP contribution in [-0.2, 0) is 0 Å². The highest BCUT2D eigenvalue weighted by Gasteiger charge is 2.10. The molecular formula is C19H17BrN4O. The Morgan fingerprint density at radius 2 is 1.92 bits per heavy atom. The minimum absolute atomic E-state index is 0.287. The third-order valence-electron chi connectivity index (χ3n) is 3.61. The molecule has 0 aliphatic heterocycles. The fourth-order valence-corrected chi connectivity index (χ4v) is 2.70. The molecule has 0 unspecified atom stereocenters. The largest absolute Gasteiger partial charge is 0.324 e. The number of aromatic nitrogens is 2. The lowest BCUT2D eigenvalue weighted by molar-refractivity contribution is 0.102. The van der Waals surface area contributed by atoms with Gasteiger partial charge in [-0.2, -0.15) is 0 Å². The molecule has 3 aromatic rings. The van der Waals surface area contributed by atoms with Crippen molar-refractivity contribution in [3.05, 3.63) is 76.0 Å². The smallest absolute Gasteiger partial charge is 0.274 e. The Hall–Kier alpha value is -2.73. The number of anilines is 3. The predicted molar refractivity (Wildman–Crippen MR) is 103 cm³/mol. The first kappa shape index (κ1) is 17.1. The maximum Gasteiger partial charge on any atom is 0.274 e. The summed E-state index contributed by atoms with van der Waals surface area (Å²) < 4.78 is 0.894. The summed E-state index contributed by atoms with van der Waals surface area (Å²) in [6.07, 6.45) is 1.57. The van der Waals surface area contributed by atoms with Crippen LogP contribution in [0, 0.1) is 13.8 Å². The van der Waals surface area contributed by atoms with Gasteiger partial charge in [-0.25, -0.2) is 9.97 Å². The molecule has 0 fully saturated rings. The van der Waals surface area contributed by atoms with Crippen molar-refractivity contribution in [2.75, 3.05) is 10.6 Å². The summed E-state index contributed by atoms with van der Waals surface area (Å²) in [7, 11) is 0. The van der Waals surface area contributed by atoms with Gasteiger partial charge in [-0.05, 0) is 55.3 Å². The minimum atomic E-state index is -0.287. The second kappa shape index (κ2) is 7.44. The van der Waals surface area contributed by atoms with Crippen LogP contribution >= 0.6 is 15.9 Å². The third-order valence-corrected chi connectivity index (χ3v) is 4.10. The monoisotopic (exact) mass is 396 g/mol. The molecule has 0 aliphatic carbocycles. The number of hydrogen-bond donors (Lipinski definition) is 2. The van der Waals surface area contributed by atoms with Gasteiger partial charge in [0.1, 0.15) is 5.69 Å². The van der Waals surface area contributed by atoms with E-state index in [1.165, 1.54) is 0 Å². The molecule has 5 nitrogen and oxygen atoms in total. The molecule has 6 heteroatoms. The SMILES string of the molecule is Cc1ccc(C)c(Nc2nccc(C(=O)Nc3cccc(Br)c3)n2)c1. The predicted octanol–water partition coefficient (Wildman–Crippen LogP) is 4.85. The van der Waals surface area contributed by atoms with Gasteiger partial charge < -0.3 is 10.6 Å². The molecule has 0 bridgehead atoms. The van der Waals surface area contributed by atoms with E-state index in [0.717, 1.165) is 21.3 Å². The molecule has 1 heterocycles. The lowest BCUT2D eigenvalue weighted by Gasteiger charge is -2.10. The molecule has 0 saturated heterocycles. The van der Waals surface area contributed by atoms with Gasteiger partial charge in [-0.1, -0.05) is 34.1 Å². The van der Waals surface area contributed by atoms with E-state index in [1.54, 1.807) is 12.3 Å². The number of nitrogens with zero attached hydrogens (tertiary/aromatic N) is 2. The Balaban J connectivity index is 1.79. The number of halogens is 1. The number of benzene rings is 2. The molecule has 2 N–H and O–H groups in total. The number of carbonyl (C=O) groups is 1. The summed E-state index contributed by atoms with van der Waals surface area (Å²) >= 11 is 3.38. The number of carbonyl (C=O) groups excluding carboxylic acids is 1. The first-order chi connectivity index (χ1) is 12.0. The fraction of sp³-hybridized carbons (Fsp3) is 0.105. The Morgan fingerprint density at radius 3 is 2.72 bits per heavy atom. The number of aryl methyl sites for hydroxylation is 2. The van der Waals surface area contributed by atoms with Crippen molar-refractivity contribution in [2.24, 2.45) is 0 Å². The molecule has 0 radical (unpaired) electrons. The summed E-state index contributed by atoms with van der Waals surface area (Å²) in [5.74, 6) is 0.0973. The van der Waals surface area contributed by atoms with E-state index in [9.17, 15) is 4.79 Å². The fourth-order valence-electron chi connectivity index (χ4n) is 2.30. The van der Waals surface area contributed by atoms with Crippen molar-refractivity contribution in [1.82, 2.24) is 9.97 Å². The maximum absolute atomic E-state index is 12.4. The summed E-state index contributed by atoms with van der Waals surface area (Å²) in [5, 5.41) is 6.00. The zero-order chi connectivity index (χ0) is 17.8. The molecular weight excluding hydrogens is 380 g/mol. The van der Waals surface area contributed by atoms with Gasteiger partial charge in [-0.3, -0.25) is 4.79 Å². The topological polar surface area (TPSA) is 66.9 Å². The molecule has 1 amide bonds. The molecule has 0 saturated carbocycles. The number of nitrogens with one attached hydrogen (secondary N) is 2. The second-order valence-electron chi connectivity index (χ2n) is 5.67. The van der Waals surface area contributed by atoms with Crippen molar-refractivity contribution in [2.45, 2.75) is 13.8 Å². The van der Waals surface area contributed by atoms with Crippen LogP contribution in [0.25, 0.3) is 0 Å². The molecule has 2 aromatic carbocycles. The van der Waals surface area contributed by atoms with Gasteiger partial charge in [0.05, 0.1) is 0 Å². The van der Waals surface area contributed by atoms with E-state index >= 15 is 0 Å². The number of amides is 1. The molecule has 25 heavy (non-hydrogen) atoms. The molecule has 0 spiro atoms. The summed E-state index contributed by atoms with van der Waals surface area (Å²) in [5.41, 5.74) is 4.13. The Labute approximate surface area is 154 Å². The van der Waals surface area contributed by atoms with E-state index in [4.69, 9.17) is 0 Å². The lowest BCUT2D eigenvalue weighted by atomic mass is 10.1. The normalized spacial score (nSPS) is 10.4. The highest BCUT2D eigenvalue weighted by Crippen LogP contribution is 2.20. The van der Waals surface area contributed by atoms with Crippen LogP contribution < -0.4 is 10.6 Å². The van der Waals surface area contributed by atoms with Crippen molar-refractivity contribution < 1.29 is 4.79 Å². The molecule has 3 rings (SSSR count). The van der Waals surface area contributed by atoms with Crippen LogP contribution in [-0.4, -0.2) is 15.9 Å². The van der Waals surface area contributed by atoms with Gasteiger partial charge in [0, 0.05) is 22.0 Å². The number of rotatable bonds is 4. The Kier molecular flexibility index (Phi) is 5.09. The van der Waals surface area contributed by atoms with E-state index < -0.39 is 0 Å². The molecule has 0 atom stereocenters. The van der Waals surface area contributed by atoms with Crippen LogP contribution in [0.5, 0.6) is 0 Å². The summed E-state index contributed by atoms with van der Waals surface area (Å²) in [6, 6.07) is 15.1. The van der Waals surface area contributed by atoms with Gasteiger partial charge in [0.25, 0.3) is 5.91 Å². The third kappa shape index (κ3) is 4.42. The Morgan fingerprint density at radius 1 is 1.08 bits per heavy atom. The average Bonchev–Trinajstić information content (AvgIpc) is 2.58. The summed E-state index contributed by atoms with van der Waals surface area (Å²) in [6.45, 7) is 4.03. The second-order valence-corrected chi connectivity index (χ2v) is 6.59. The quantitative estimate of drug-likeness (QED) is 0.661. The van der Waals surface area contributed by atoms with Crippen molar-refractivity contribution in [3.63, 3.8) is 0 Å². The molecule has 0 aliphatic rings. The van der Waals surface area contributed by atoms with E-state index in [-0.39, 0.29) is 5.91 Å². The van der Waals surface area contributed by atoms with Gasteiger partial charge in [0.15, 0.2) is 0 Å². The van der Waals surface area contributed by atoms with E-state index in [1.807, 2.05) is 56.3 Å². The van der Waals surface area contributed by atoms with E-state index in [0.29, 0.717) is 17.3 Å². The van der Waals surface area contributed by atoms with Crippen molar-refractivity contribution in [3.8, 4) is 0 Å². The van der Waals surface area contributed by atoms with Crippen LogP contribution in [0.4, 0.5) is 17.3 Å². The average molecular weight is 397 g/mol. The van der Waals surface area contributed by atoms with Crippen molar-refractivity contribution >= 4 is 39.2 Å². The Bertz CT molecular complexity index is 927. The zero-order valence-corrected chi connectivity index (χ0v) is 15.5. The zero-order valence-electron chi connectivity index (χ0n) is 13.9. The highest BCUT2D eigenvalue weighted by atomic mass is 79.9. The van der Waals surface area contributed by atoms with Crippen LogP contribution in [0.2, 0.25) is 0 Å². The highest BCUT2D eigenvalue weighted by molar-refractivity contribution is 9.10. The lowest BCUT2D eigenvalue weighted by Crippen LogP contribution is -2.14. The van der Waals surface area contributed by atoms with Gasteiger partial charge >= 0.3 is 0 Å². The van der Waals surface area contributed by atoms with E-state index in [2.05, 4.69) is 36.5 Å². The first-order valence-electron chi connectivity index (χ1n) is 7.75. The van der Waals surface area contributed by atoms with Crippen molar-refractivity contribution in [1.29, 1.82) is 0 Å². The molecule has 1 aromatic heterocycles.